The van der Waals surface area contributed by atoms with Gasteiger partial charge in [0.2, 0.25) is 0 Å². The molecule has 118 valence electrons. The summed E-state index contributed by atoms with van der Waals surface area (Å²) in [5.41, 5.74) is 3.11. The van der Waals surface area contributed by atoms with Gasteiger partial charge in [0.05, 0.1) is 0 Å². The van der Waals surface area contributed by atoms with E-state index in [1.807, 2.05) is 0 Å². The third-order valence-corrected chi connectivity index (χ3v) is 4.72. The van der Waals surface area contributed by atoms with Gasteiger partial charge in [-0.3, -0.25) is 0 Å². The average Bonchev–Trinajstić information content (AvgIpc) is 2.40. The summed E-state index contributed by atoms with van der Waals surface area (Å²) in [6, 6.07) is 9.40. The minimum atomic E-state index is 0.384. The molecule has 1 saturated carbocycles. The first kappa shape index (κ1) is 16.4. The maximum absolute atomic E-state index is 3.88. The standard InChI is InChI=1S/C19H32N2/c1-19(2,3)16-11-7-9-13-18(16)20-17-12-8-6-10-15(17)14-21(4)5/h6,8,10,12,16,18,20H,7,9,11,13-14H2,1-5H3. The fraction of sp³-hybridized carbons (Fsp3) is 0.684. The second-order valence-corrected chi connectivity index (χ2v) is 7.90. The molecule has 1 aliphatic carbocycles. The van der Waals surface area contributed by atoms with Gasteiger partial charge in [-0.05, 0) is 49.9 Å². The Bertz CT molecular complexity index is 445. The number of para-hydroxylation sites is 1. The van der Waals surface area contributed by atoms with Gasteiger partial charge >= 0.3 is 0 Å². The van der Waals surface area contributed by atoms with E-state index < -0.39 is 0 Å². The Kier molecular flexibility index (Phi) is 5.32. The van der Waals surface area contributed by atoms with Crippen molar-refractivity contribution in [1.82, 2.24) is 4.90 Å². The highest BCUT2D eigenvalue weighted by Gasteiger charge is 2.34. The lowest BCUT2D eigenvalue weighted by Crippen LogP contribution is -2.40. The van der Waals surface area contributed by atoms with Crippen molar-refractivity contribution < 1.29 is 0 Å². The van der Waals surface area contributed by atoms with Crippen LogP contribution in [0.5, 0.6) is 0 Å². The number of nitrogens with zero attached hydrogens (tertiary/aromatic N) is 1. The summed E-state index contributed by atoms with van der Waals surface area (Å²) < 4.78 is 0. The molecule has 1 aromatic rings. The molecule has 1 aromatic carbocycles. The van der Waals surface area contributed by atoms with Crippen LogP contribution in [0.3, 0.4) is 0 Å². The van der Waals surface area contributed by atoms with E-state index >= 15 is 0 Å². The molecule has 2 atom stereocenters. The monoisotopic (exact) mass is 288 g/mol. The maximum atomic E-state index is 3.88. The zero-order valence-corrected chi connectivity index (χ0v) is 14.4. The van der Waals surface area contributed by atoms with Crippen LogP contribution in [0.1, 0.15) is 52.0 Å². The van der Waals surface area contributed by atoms with Crippen LogP contribution in [0.2, 0.25) is 0 Å². The van der Waals surface area contributed by atoms with Crippen molar-refractivity contribution in [2.45, 2.75) is 59.0 Å². The average molecular weight is 288 g/mol. The van der Waals surface area contributed by atoms with Crippen LogP contribution in [0.25, 0.3) is 0 Å². The highest BCUT2D eigenvalue weighted by atomic mass is 15.1. The lowest BCUT2D eigenvalue weighted by molar-refractivity contribution is 0.162. The van der Waals surface area contributed by atoms with Gasteiger partial charge in [0, 0.05) is 18.3 Å². The molecule has 0 amide bonds. The van der Waals surface area contributed by atoms with E-state index in [2.05, 4.69) is 69.3 Å². The zero-order chi connectivity index (χ0) is 15.5. The Labute approximate surface area is 130 Å². The highest BCUT2D eigenvalue weighted by Crippen LogP contribution is 2.39. The fourth-order valence-corrected chi connectivity index (χ4v) is 3.68. The molecule has 0 bridgehead atoms. The molecule has 0 aliphatic heterocycles. The molecule has 0 spiro atoms. The molecule has 2 rings (SSSR count). The molecular formula is C19H32N2. The van der Waals surface area contributed by atoms with Crippen LogP contribution in [0.4, 0.5) is 5.69 Å². The second kappa shape index (κ2) is 6.83. The number of hydrogen-bond donors (Lipinski definition) is 1. The minimum absolute atomic E-state index is 0.384. The summed E-state index contributed by atoms with van der Waals surface area (Å²) in [6.07, 6.45) is 5.41. The fourth-order valence-electron chi connectivity index (χ4n) is 3.68. The smallest absolute Gasteiger partial charge is 0.0388 e. The molecule has 2 unspecified atom stereocenters. The van der Waals surface area contributed by atoms with Gasteiger partial charge in [-0.15, -0.1) is 0 Å². The summed E-state index contributed by atoms with van der Waals surface area (Å²) in [4.78, 5) is 2.24. The summed E-state index contributed by atoms with van der Waals surface area (Å²) in [5.74, 6) is 0.763. The van der Waals surface area contributed by atoms with Crippen molar-refractivity contribution in [3.63, 3.8) is 0 Å². The third-order valence-electron chi connectivity index (χ3n) is 4.72. The van der Waals surface area contributed by atoms with E-state index in [0.717, 1.165) is 12.5 Å². The lowest BCUT2D eigenvalue weighted by atomic mass is 9.69. The van der Waals surface area contributed by atoms with E-state index in [1.54, 1.807) is 0 Å². The van der Waals surface area contributed by atoms with Crippen LogP contribution < -0.4 is 5.32 Å². The van der Waals surface area contributed by atoms with Crippen molar-refractivity contribution in [1.29, 1.82) is 0 Å². The topological polar surface area (TPSA) is 15.3 Å². The van der Waals surface area contributed by atoms with Crippen molar-refractivity contribution in [3.05, 3.63) is 29.8 Å². The predicted octanol–water partition coefficient (Wildman–Crippen LogP) is 4.77. The number of nitrogens with one attached hydrogen (secondary N) is 1. The molecule has 21 heavy (non-hydrogen) atoms. The SMILES string of the molecule is CN(C)Cc1ccccc1NC1CCCCC1C(C)(C)C. The highest BCUT2D eigenvalue weighted by molar-refractivity contribution is 5.52. The van der Waals surface area contributed by atoms with Gasteiger partial charge in [0.15, 0.2) is 0 Å². The minimum Gasteiger partial charge on any atom is -0.382 e. The van der Waals surface area contributed by atoms with E-state index in [1.165, 1.54) is 36.9 Å². The number of rotatable bonds is 4. The first-order valence-electron chi connectivity index (χ1n) is 8.37. The molecule has 0 saturated heterocycles. The first-order chi connectivity index (χ1) is 9.88. The first-order valence-corrected chi connectivity index (χ1v) is 8.37. The van der Waals surface area contributed by atoms with Crippen LogP contribution in [-0.2, 0) is 6.54 Å². The molecule has 2 nitrogen and oxygen atoms in total. The summed E-state index contributed by atoms with van der Waals surface area (Å²) in [5, 5.41) is 3.88. The van der Waals surface area contributed by atoms with E-state index in [0.29, 0.717) is 11.5 Å². The maximum Gasteiger partial charge on any atom is 0.0388 e. The molecule has 0 heterocycles. The normalized spacial score (nSPS) is 23.3. The van der Waals surface area contributed by atoms with Gasteiger partial charge < -0.3 is 10.2 Å². The van der Waals surface area contributed by atoms with E-state index in [4.69, 9.17) is 0 Å². The molecule has 1 N–H and O–H groups in total. The van der Waals surface area contributed by atoms with Gasteiger partial charge in [-0.25, -0.2) is 0 Å². The van der Waals surface area contributed by atoms with Crippen LogP contribution in [0, 0.1) is 11.3 Å². The number of anilines is 1. The van der Waals surface area contributed by atoms with Crippen molar-refractivity contribution >= 4 is 5.69 Å². The van der Waals surface area contributed by atoms with Gasteiger partial charge in [-0.2, -0.15) is 0 Å². The Morgan fingerprint density at radius 2 is 1.76 bits per heavy atom. The number of hydrogen-bond acceptors (Lipinski definition) is 2. The molecular weight excluding hydrogens is 256 g/mol. The molecule has 2 heteroatoms. The Hall–Kier alpha value is -1.02. The predicted molar refractivity (Wildman–Crippen MR) is 92.7 cm³/mol. The van der Waals surface area contributed by atoms with Crippen molar-refractivity contribution in [2.24, 2.45) is 11.3 Å². The molecule has 0 radical (unpaired) electrons. The Balaban J connectivity index is 2.16. The van der Waals surface area contributed by atoms with Gasteiger partial charge in [-0.1, -0.05) is 51.8 Å². The molecule has 0 aromatic heterocycles. The summed E-state index contributed by atoms with van der Waals surface area (Å²) in [7, 11) is 4.27. The van der Waals surface area contributed by atoms with Crippen LogP contribution in [0.15, 0.2) is 24.3 Å². The lowest BCUT2D eigenvalue weighted by Gasteiger charge is -2.41. The largest absolute Gasteiger partial charge is 0.382 e. The van der Waals surface area contributed by atoms with Crippen LogP contribution in [-0.4, -0.2) is 25.0 Å². The zero-order valence-electron chi connectivity index (χ0n) is 14.4. The van der Waals surface area contributed by atoms with Gasteiger partial charge in [0.25, 0.3) is 0 Å². The van der Waals surface area contributed by atoms with E-state index in [9.17, 15) is 0 Å². The Morgan fingerprint density at radius 3 is 2.43 bits per heavy atom. The van der Waals surface area contributed by atoms with Crippen molar-refractivity contribution in [3.8, 4) is 0 Å². The van der Waals surface area contributed by atoms with Crippen LogP contribution >= 0.6 is 0 Å². The molecule has 1 aliphatic rings. The van der Waals surface area contributed by atoms with E-state index in [-0.39, 0.29) is 0 Å². The summed E-state index contributed by atoms with van der Waals surface area (Å²) in [6.45, 7) is 8.17. The molecule has 1 fully saturated rings. The quantitative estimate of drug-likeness (QED) is 0.859. The van der Waals surface area contributed by atoms with Crippen molar-refractivity contribution in [2.75, 3.05) is 19.4 Å². The van der Waals surface area contributed by atoms with Gasteiger partial charge in [0.1, 0.15) is 0 Å². The third kappa shape index (κ3) is 4.47. The second-order valence-electron chi connectivity index (χ2n) is 7.90. The number of benzene rings is 1. The summed E-state index contributed by atoms with van der Waals surface area (Å²) >= 11 is 0. The Morgan fingerprint density at radius 1 is 1.10 bits per heavy atom.